The maximum atomic E-state index is 12.7. The molecule has 0 aliphatic heterocycles. The number of amidine groups is 1. The average molecular weight is 468 g/mol. The third kappa shape index (κ3) is 5.47. The minimum absolute atomic E-state index is 0.213. The van der Waals surface area contributed by atoms with Crippen LogP contribution in [0.25, 0.3) is 11.1 Å². The first-order valence-corrected chi connectivity index (χ1v) is 10.5. The molecule has 9 nitrogen and oxygen atoms in total. The highest BCUT2D eigenvalue weighted by Crippen LogP contribution is 2.29. The van der Waals surface area contributed by atoms with Gasteiger partial charge in [-0.25, -0.2) is 5.84 Å². The van der Waals surface area contributed by atoms with Crippen LogP contribution in [-0.2, 0) is 0 Å². The zero-order chi connectivity index (χ0) is 23.1. The topological polar surface area (TPSA) is 162 Å². The van der Waals surface area contributed by atoms with E-state index in [4.69, 9.17) is 23.3 Å². The van der Waals surface area contributed by atoms with Gasteiger partial charge in [0.1, 0.15) is 11.9 Å². The van der Waals surface area contributed by atoms with Crippen LogP contribution in [0.1, 0.15) is 15.9 Å². The number of hydrazone groups is 1. The van der Waals surface area contributed by atoms with Crippen molar-refractivity contribution in [3.8, 4) is 17.2 Å². The summed E-state index contributed by atoms with van der Waals surface area (Å²) in [6.07, 6.45) is 0. The molecule has 1 amide bonds. The number of nitriles is 1. The van der Waals surface area contributed by atoms with Crippen molar-refractivity contribution in [1.29, 1.82) is 5.26 Å². The number of amides is 1. The van der Waals surface area contributed by atoms with Crippen molar-refractivity contribution < 1.29 is 4.79 Å². The van der Waals surface area contributed by atoms with Gasteiger partial charge in [-0.2, -0.15) is 10.4 Å². The number of thioether (sulfide) groups is 1. The molecule has 3 aromatic rings. The van der Waals surface area contributed by atoms with Crippen LogP contribution < -0.4 is 28.0 Å². The van der Waals surface area contributed by atoms with E-state index in [9.17, 15) is 14.9 Å². The molecule has 32 heavy (non-hydrogen) atoms. The Bertz CT molecular complexity index is 1270. The molecule has 162 valence electrons. The lowest BCUT2D eigenvalue weighted by atomic mass is 10.00. The minimum Gasteiger partial charge on any atom is -0.322 e. The Morgan fingerprint density at radius 2 is 1.97 bits per heavy atom. The third-order valence-corrected chi connectivity index (χ3v) is 5.60. The van der Waals surface area contributed by atoms with Crippen molar-refractivity contribution in [2.75, 3.05) is 11.1 Å². The van der Waals surface area contributed by atoms with Crippen molar-refractivity contribution in [3.63, 3.8) is 0 Å². The number of rotatable bonds is 6. The van der Waals surface area contributed by atoms with Crippen LogP contribution in [0.15, 0.2) is 69.5 Å². The number of carbonyl (C=O) groups excluding carboxylic acids is 1. The highest BCUT2D eigenvalue weighted by Gasteiger charge is 2.15. The van der Waals surface area contributed by atoms with Crippen LogP contribution in [0, 0.1) is 11.3 Å². The van der Waals surface area contributed by atoms with Crippen LogP contribution >= 0.6 is 23.4 Å². The lowest BCUT2D eigenvalue weighted by Gasteiger charge is -2.11. The number of nitrogens with zero attached hydrogens (tertiary/aromatic N) is 2. The van der Waals surface area contributed by atoms with Gasteiger partial charge in [0.15, 0.2) is 0 Å². The monoisotopic (exact) mass is 467 g/mol. The maximum absolute atomic E-state index is 12.7. The van der Waals surface area contributed by atoms with E-state index in [1.54, 1.807) is 48.5 Å². The van der Waals surface area contributed by atoms with Crippen molar-refractivity contribution in [1.82, 2.24) is 10.4 Å². The summed E-state index contributed by atoms with van der Waals surface area (Å²) in [4.78, 5) is 27.6. The van der Waals surface area contributed by atoms with Gasteiger partial charge in [0.05, 0.1) is 16.3 Å². The highest BCUT2D eigenvalue weighted by atomic mass is 35.5. The summed E-state index contributed by atoms with van der Waals surface area (Å²) in [6, 6.07) is 16.8. The van der Waals surface area contributed by atoms with Gasteiger partial charge in [-0.1, -0.05) is 35.5 Å². The van der Waals surface area contributed by atoms with E-state index in [1.807, 2.05) is 0 Å². The molecule has 0 radical (unpaired) electrons. The van der Waals surface area contributed by atoms with E-state index in [-0.39, 0.29) is 23.1 Å². The van der Waals surface area contributed by atoms with Gasteiger partial charge in [-0.15, -0.1) is 0 Å². The molecule has 0 bridgehead atoms. The fourth-order valence-corrected chi connectivity index (χ4v) is 3.84. The molecule has 0 spiro atoms. The second kappa shape index (κ2) is 10.5. The Hall–Kier alpha value is -3.78. The maximum Gasteiger partial charge on any atom is 0.255 e. The first-order chi connectivity index (χ1) is 15.4. The van der Waals surface area contributed by atoms with E-state index < -0.39 is 5.56 Å². The Labute approximate surface area is 192 Å². The van der Waals surface area contributed by atoms with Crippen LogP contribution in [0.4, 0.5) is 5.69 Å². The van der Waals surface area contributed by atoms with Crippen molar-refractivity contribution in [2.24, 2.45) is 16.8 Å². The first-order valence-electron chi connectivity index (χ1n) is 9.16. The van der Waals surface area contributed by atoms with Gasteiger partial charge in [0.25, 0.3) is 5.91 Å². The predicted octanol–water partition coefficient (Wildman–Crippen LogP) is 2.65. The minimum atomic E-state index is -0.399. The average Bonchev–Trinajstić information content (AvgIpc) is 2.81. The number of halogens is 1. The summed E-state index contributed by atoms with van der Waals surface area (Å²) in [5.74, 6) is 10.7. The van der Waals surface area contributed by atoms with Gasteiger partial charge in [0, 0.05) is 27.9 Å². The number of hydrogen-bond donors (Lipinski definition) is 5. The molecular formula is C21H18ClN7O2S. The van der Waals surface area contributed by atoms with E-state index in [0.717, 1.165) is 11.8 Å². The fraction of sp³-hybridized carbons (Fsp3) is 0.0476. The number of hydrogen-bond acceptors (Lipinski definition) is 7. The number of H-pyrrole nitrogens is 1. The second-order valence-corrected chi connectivity index (χ2v) is 7.84. The van der Waals surface area contributed by atoms with Gasteiger partial charge >= 0.3 is 0 Å². The standard InChI is InChI=1S/C21H18ClN7O2S/c22-14-4-6-15(7-5-14)26-20(31)13-3-1-2-12(8-13)16-9-19(30)27-21(17(16)10-23)32-11-18(28-24)29-25/h1-9H,11,24-25H2,(H,26,31)(H,27,30)(H,28,29). The predicted molar refractivity (Wildman–Crippen MR) is 126 cm³/mol. The third-order valence-electron chi connectivity index (χ3n) is 4.33. The summed E-state index contributed by atoms with van der Waals surface area (Å²) in [5.41, 5.74) is 4.08. The number of nitrogens with one attached hydrogen (secondary N) is 3. The van der Waals surface area contributed by atoms with E-state index in [1.165, 1.54) is 6.07 Å². The number of pyridine rings is 1. The molecule has 11 heteroatoms. The molecule has 0 fully saturated rings. The number of nitrogens with two attached hydrogens (primary N) is 2. The highest BCUT2D eigenvalue weighted by molar-refractivity contribution is 8.00. The summed E-state index contributed by atoms with van der Waals surface area (Å²) in [6.45, 7) is 0. The first kappa shape index (κ1) is 22.9. The van der Waals surface area contributed by atoms with E-state index >= 15 is 0 Å². The summed E-state index contributed by atoms with van der Waals surface area (Å²) in [7, 11) is 0. The molecule has 0 saturated carbocycles. The second-order valence-electron chi connectivity index (χ2n) is 6.41. The molecule has 0 aliphatic rings. The summed E-state index contributed by atoms with van der Waals surface area (Å²) >= 11 is 7.02. The van der Waals surface area contributed by atoms with Crippen LogP contribution in [0.2, 0.25) is 5.02 Å². The normalized spacial score (nSPS) is 11.0. The smallest absolute Gasteiger partial charge is 0.255 e. The van der Waals surface area contributed by atoms with Gasteiger partial charge in [-0.05, 0) is 42.0 Å². The number of benzene rings is 2. The molecule has 0 saturated heterocycles. The van der Waals surface area contributed by atoms with Gasteiger partial charge < -0.3 is 21.6 Å². The quantitative estimate of drug-likeness (QED) is 0.122. The van der Waals surface area contributed by atoms with E-state index in [0.29, 0.717) is 32.4 Å². The number of carbonyl (C=O) groups is 1. The molecular weight excluding hydrogens is 450 g/mol. The molecule has 1 heterocycles. The summed E-state index contributed by atoms with van der Waals surface area (Å²) in [5, 5.41) is 16.9. The largest absolute Gasteiger partial charge is 0.322 e. The zero-order valence-electron chi connectivity index (χ0n) is 16.6. The van der Waals surface area contributed by atoms with Gasteiger partial charge in [-0.3, -0.25) is 9.59 Å². The molecule has 2 aromatic carbocycles. The Balaban J connectivity index is 1.94. The van der Waals surface area contributed by atoms with Gasteiger partial charge in [0.2, 0.25) is 5.56 Å². The Morgan fingerprint density at radius 3 is 2.62 bits per heavy atom. The van der Waals surface area contributed by atoms with Crippen LogP contribution in [0.5, 0.6) is 0 Å². The lowest BCUT2D eigenvalue weighted by Crippen LogP contribution is -2.33. The summed E-state index contributed by atoms with van der Waals surface area (Å²) < 4.78 is 0. The molecule has 0 aliphatic carbocycles. The fourth-order valence-electron chi connectivity index (χ4n) is 2.80. The van der Waals surface area contributed by atoms with Crippen molar-refractivity contribution in [2.45, 2.75) is 5.03 Å². The molecule has 7 N–H and O–H groups in total. The number of aromatic amines is 1. The molecule has 0 unspecified atom stereocenters. The van der Waals surface area contributed by atoms with Crippen molar-refractivity contribution in [3.05, 3.63) is 81.1 Å². The number of hydrazine groups is 1. The Kier molecular flexibility index (Phi) is 7.51. The number of aromatic nitrogens is 1. The number of anilines is 1. The SMILES string of the molecule is N#Cc1c(-c2cccc(C(=O)Nc3ccc(Cl)cc3)c2)cc(=O)[nH]c1SC/C(=N/N)NN. The zero-order valence-corrected chi connectivity index (χ0v) is 18.1. The van der Waals surface area contributed by atoms with Crippen LogP contribution in [0.3, 0.4) is 0 Å². The van der Waals surface area contributed by atoms with E-state index in [2.05, 4.69) is 26.9 Å². The van der Waals surface area contributed by atoms with Crippen molar-refractivity contribution >= 4 is 40.8 Å². The lowest BCUT2D eigenvalue weighted by molar-refractivity contribution is 0.102. The molecule has 1 aromatic heterocycles. The molecule has 3 rings (SSSR count). The molecule has 0 atom stereocenters. The van der Waals surface area contributed by atoms with Crippen LogP contribution in [-0.4, -0.2) is 22.5 Å². The Morgan fingerprint density at radius 1 is 1.22 bits per heavy atom.